The molecular weight excluding hydrogens is 526 g/mol. The van der Waals surface area contributed by atoms with Crippen molar-refractivity contribution >= 4 is 27.5 Å². The average molecular weight is 554 g/mol. The summed E-state index contributed by atoms with van der Waals surface area (Å²) in [5.74, 6) is -0.215. The van der Waals surface area contributed by atoms with Crippen LogP contribution in [0.15, 0.2) is 59.5 Å². The molecule has 0 saturated carbocycles. The minimum Gasteiger partial charge on any atom is -0.494 e. The second-order valence-electron chi connectivity index (χ2n) is 8.63. The number of aromatic nitrogens is 2. The van der Waals surface area contributed by atoms with Crippen molar-refractivity contribution in [3.63, 3.8) is 0 Å². The Hall–Kier alpha value is -3.45. The molecule has 0 unspecified atom stereocenters. The Bertz CT molecular complexity index is 1330. The lowest BCUT2D eigenvalue weighted by atomic mass is 10.3. The van der Waals surface area contributed by atoms with Gasteiger partial charge in [-0.05, 0) is 55.0 Å². The monoisotopic (exact) mass is 553 g/mol. The molecule has 1 fully saturated rings. The summed E-state index contributed by atoms with van der Waals surface area (Å²) in [5.41, 5.74) is -0.801. The van der Waals surface area contributed by atoms with Crippen molar-refractivity contribution in [3.05, 3.63) is 66.1 Å². The standard InChI is InChI=1S/C25H27F4N5O3S/c1-2-3-16-37-20-8-10-21(11-9-20)38(35,36)34-14-12-33(13-15-34)24-31-22(25(27,28)29)17-23(32-24)30-19-6-4-18(26)5-7-19/h4-11,17H,2-3,12-16H2,1H3,(H,30,31,32). The third-order valence-electron chi connectivity index (χ3n) is 5.87. The minimum atomic E-state index is -4.73. The van der Waals surface area contributed by atoms with Crippen LogP contribution in [0.4, 0.5) is 35.0 Å². The zero-order valence-electron chi connectivity index (χ0n) is 20.6. The van der Waals surface area contributed by atoms with E-state index >= 15 is 0 Å². The second kappa shape index (κ2) is 11.5. The number of hydrogen-bond donors (Lipinski definition) is 1. The molecule has 1 N–H and O–H groups in total. The third-order valence-corrected chi connectivity index (χ3v) is 7.78. The Balaban J connectivity index is 1.47. The van der Waals surface area contributed by atoms with Crippen molar-refractivity contribution in [3.8, 4) is 5.75 Å². The largest absolute Gasteiger partial charge is 0.494 e. The number of piperazine rings is 1. The summed E-state index contributed by atoms with van der Waals surface area (Å²) in [6, 6.07) is 12.0. The van der Waals surface area contributed by atoms with Crippen LogP contribution < -0.4 is 15.0 Å². The predicted octanol–water partition coefficient (Wildman–Crippen LogP) is 5.07. The molecule has 8 nitrogen and oxygen atoms in total. The number of unbranched alkanes of at least 4 members (excludes halogenated alkanes) is 1. The molecule has 1 aromatic heterocycles. The van der Waals surface area contributed by atoms with Gasteiger partial charge in [-0.15, -0.1) is 0 Å². The van der Waals surface area contributed by atoms with Gasteiger partial charge in [0.25, 0.3) is 0 Å². The van der Waals surface area contributed by atoms with Crippen LogP contribution in [0.3, 0.4) is 0 Å². The van der Waals surface area contributed by atoms with Gasteiger partial charge in [0.15, 0.2) is 5.69 Å². The number of hydrogen-bond acceptors (Lipinski definition) is 7. The molecule has 4 rings (SSSR count). The number of ether oxygens (including phenoxy) is 1. The molecule has 0 atom stereocenters. The lowest BCUT2D eigenvalue weighted by molar-refractivity contribution is -0.141. The summed E-state index contributed by atoms with van der Waals surface area (Å²) in [7, 11) is -3.81. The number of benzene rings is 2. The first-order chi connectivity index (χ1) is 18.1. The molecule has 1 aliphatic heterocycles. The number of alkyl halides is 3. The maximum Gasteiger partial charge on any atom is 0.433 e. The summed E-state index contributed by atoms with van der Waals surface area (Å²) >= 11 is 0. The number of sulfonamides is 1. The molecule has 0 bridgehead atoms. The summed E-state index contributed by atoms with van der Waals surface area (Å²) < 4.78 is 86.9. The molecule has 0 radical (unpaired) electrons. The fourth-order valence-corrected chi connectivity index (χ4v) is 5.21. The molecule has 0 aliphatic carbocycles. The Morgan fingerprint density at radius 3 is 2.24 bits per heavy atom. The van der Waals surface area contributed by atoms with Crippen LogP contribution in [0.5, 0.6) is 5.75 Å². The highest BCUT2D eigenvalue weighted by Gasteiger charge is 2.35. The van der Waals surface area contributed by atoms with Crippen LogP contribution >= 0.6 is 0 Å². The highest BCUT2D eigenvalue weighted by Crippen LogP contribution is 2.32. The lowest BCUT2D eigenvalue weighted by Crippen LogP contribution is -2.49. The van der Waals surface area contributed by atoms with Crippen molar-refractivity contribution in [2.75, 3.05) is 43.0 Å². The number of rotatable bonds is 9. The lowest BCUT2D eigenvalue weighted by Gasteiger charge is -2.34. The first kappa shape index (κ1) is 27.6. The van der Waals surface area contributed by atoms with E-state index in [-0.39, 0.29) is 42.8 Å². The zero-order valence-corrected chi connectivity index (χ0v) is 21.4. The molecule has 1 aliphatic rings. The molecule has 38 heavy (non-hydrogen) atoms. The quantitative estimate of drug-likeness (QED) is 0.293. The van der Waals surface area contributed by atoms with Gasteiger partial charge < -0.3 is 15.0 Å². The highest BCUT2D eigenvalue weighted by molar-refractivity contribution is 7.89. The van der Waals surface area contributed by atoms with E-state index in [4.69, 9.17) is 4.74 Å². The van der Waals surface area contributed by atoms with E-state index in [1.54, 1.807) is 12.1 Å². The van der Waals surface area contributed by atoms with Crippen LogP contribution in [0.25, 0.3) is 0 Å². The summed E-state index contributed by atoms with van der Waals surface area (Å²) in [6.45, 7) is 2.85. The molecule has 3 aromatic rings. The van der Waals surface area contributed by atoms with E-state index in [1.165, 1.54) is 45.6 Å². The number of anilines is 3. The molecular formula is C25H27F4N5O3S. The minimum absolute atomic E-state index is 0.0391. The van der Waals surface area contributed by atoms with E-state index < -0.39 is 27.7 Å². The van der Waals surface area contributed by atoms with Crippen LogP contribution in [0.2, 0.25) is 0 Å². The normalized spacial score (nSPS) is 14.9. The van der Waals surface area contributed by atoms with Crippen molar-refractivity contribution in [1.29, 1.82) is 0 Å². The van der Waals surface area contributed by atoms with Crippen LogP contribution in [-0.2, 0) is 16.2 Å². The van der Waals surface area contributed by atoms with Crippen LogP contribution in [-0.4, -0.2) is 55.5 Å². The maximum atomic E-state index is 13.5. The van der Waals surface area contributed by atoms with E-state index in [2.05, 4.69) is 15.3 Å². The number of halogens is 4. The Kier molecular flexibility index (Phi) is 8.36. The second-order valence-corrected chi connectivity index (χ2v) is 10.6. The van der Waals surface area contributed by atoms with E-state index in [1.807, 2.05) is 6.92 Å². The van der Waals surface area contributed by atoms with Gasteiger partial charge in [-0.1, -0.05) is 13.3 Å². The van der Waals surface area contributed by atoms with Gasteiger partial charge in [0.05, 0.1) is 11.5 Å². The van der Waals surface area contributed by atoms with Crippen molar-refractivity contribution in [2.45, 2.75) is 30.8 Å². The topological polar surface area (TPSA) is 87.7 Å². The third kappa shape index (κ3) is 6.70. The average Bonchev–Trinajstić information content (AvgIpc) is 2.90. The Morgan fingerprint density at radius 2 is 1.63 bits per heavy atom. The van der Waals surface area contributed by atoms with Gasteiger partial charge in [-0.25, -0.2) is 17.8 Å². The van der Waals surface area contributed by atoms with Gasteiger partial charge in [-0.2, -0.15) is 22.5 Å². The Morgan fingerprint density at radius 1 is 0.974 bits per heavy atom. The molecule has 0 amide bonds. The van der Waals surface area contributed by atoms with Gasteiger partial charge in [0.1, 0.15) is 17.4 Å². The molecule has 13 heteroatoms. The molecule has 204 valence electrons. The first-order valence-corrected chi connectivity index (χ1v) is 13.5. The SMILES string of the molecule is CCCCOc1ccc(S(=O)(=O)N2CCN(c3nc(Nc4ccc(F)cc4)cc(C(F)(F)F)n3)CC2)cc1. The van der Waals surface area contributed by atoms with Gasteiger partial charge in [-0.3, -0.25) is 0 Å². The van der Waals surface area contributed by atoms with Gasteiger partial charge >= 0.3 is 6.18 Å². The number of nitrogens with one attached hydrogen (secondary N) is 1. The molecule has 2 heterocycles. The van der Waals surface area contributed by atoms with E-state index in [0.29, 0.717) is 18.0 Å². The summed E-state index contributed by atoms with van der Waals surface area (Å²) in [6.07, 6.45) is -2.85. The van der Waals surface area contributed by atoms with Crippen molar-refractivity contribution in [2.24, 2.45) is 0 Å². The predicted molar refractivity (Wildman–Crippen MR) is 135 cm³/mol. The van der Waals surface area contributed by atoms with Gasteiger partial charge in [0.2, 0.25) is 16.0 Å². The van der Waals surface area contributed by atoms with Crippen molar-refractivity contribution in [1.82, 2.24) is 14.3 Å². The van der Waals surface area contributed by atoms with E-state index in [0.717, 1.165) is 18.9 Å². The van der Waals surface area contributed by atoms with Crippen LogP contribution in [0.1, 0.15) is 25.5 Å². The summed E-state index contributed by atoms with van der Waals surface area (Å²) in [4.78, 5) is 9.49. The number of nitrogens with zero attached hydrogens (tertiary/aromatic N) is 4. The van der Waals surface area contributed by atoms with E-state index in [9.17, 15) is 26.0 Å². The summed E-state index contributed by atoms with van der Waals surface area (Å²) in [5, 5.41) is 2.74. The molecule has 0 spiro atoms. The highest BCUT2D eigenvalue weighted by atomic mass is 32.2. The Labute approximate surface area is 218 Å². The first-order valence-electron chi connectivity index (χ1n) is 12.0. The molecule has 1 saturated heterocycles. The fraction of sp³-hybridized carbons (Fsp3) is 0.360. The van der Waals surface area contributed by atoms with Crippen LogP contribution in [0, 0.1) is 5.82 Å². The molecule has 2 aromatic carbocycles. The van der Waals surface area contributed by atoms with Gasteiger partial charge in [0, 0.05) is 37.9 Å². The zero-order chi connectivity index (χ0) is 27.3. The maximum absolute atomic E-state index is 13.5. The fourth-order valence-electron chi connectivity index (χ4n) is 3.79. The van der Waals surface area contributed by atoms with Crippen molar-refractivity contribution < 1.29 is 30.7 Å². The smallest absolute Gasteiger partial charge is 0.433 e.